The van der Waals surface area contributed by atoms with Crippen molar-refractivity contribution in [3.05, 3.63) is 70.9 Å². The number of sulfonamides is 1. The fourth-order valence-corrected chi connectivity index (χ4v) is 5.54. The summed E-state index contributed by atoms with van der Waals surface area (Å²) < 4.78 is 29.7. The molecule has 2 heterocycles. The smallest absolute Gasteiger partial charge is 0.265 e. The van der Waals surface area contributed by atoms with Gasteiger partial charge in [-0.15, -0.1) is 0 Å². The molecule has 0 aliphatic carbocycles. The first-order valence-corrected chi connectivity index (χ1v) is 11.5. The van der Waals surface area contributed by atoms with Crippen molar-refractivity contribution < 1.29 is 13.2 Å². The zero-order valence-electron chi connectivity index (χ0n) is 16.4. The molecular weight excluding hydrogens is 424 g/mol. The number of benzene rings is 2. The van der Waals surface area contributed by atoms with E-state index in [1.165, 1.54) is 22.5 Å². The number of carbonyl (C=O) groups is 1. The zero-order valence-corrected chi connectivity index (χ0v) is 17.9. The summed E-state index contributed by atoms with van der Waals surface area (Å²) in [4.78, 5) is 12.7. The summed E-state index contributed by atoms with van der Waals surface area (Å²) in [6.45, 7) is 3.02. The molecule has 0 saturated carbocycles. The fourth-order valence-electron chi connectivity index (χ4n) is 3.54. The van der Waals surface area contributed by atoms with Gasteiger partial charge in [-0.05, 0) is 42.7 Å². The highest BCUT2D eigenvalue weighted by atomic mass is 35.5. The number of hydrogen-bond donors (Lipinski definition) is 1. The Kier molecular flexibility index (Phi) is 5.53. The Hall–Kier alpha value is -2.84. The molecule has 30 heavy (non-hydrogen) atoms. The largest absolute Gasteiger partial charge is 0.307 e. The molecule has 1 N–H and O–H groups in total. The van der Waals surface area contributed by atoms with Crippen LogP contribution in [0.1, 0.15) is 29.3 Å². The first-order valence-electron chi connectivity index (χ1n) is 9.65. The Morgan fingerprint density at radius 2 is 2.00 bits per heavy atom. The second-order valence-corrected chi connectivity index (χ2v) is 9.23. The number of carbonyl (C=O) groups excluding carboxylic acids is 1. The Morgan fingerprint density at radius 1 is 1.20 bits per heavy atom. The van der Waals surface area contributed by atoms with Gasteiger partial charge in [0, 0.05) is 24.7 Å². The average Bonchev–Trinajstić information content (AvgIpc) is 3.35. The van der Waals surface area contributed by atoms with Gasteiger partial charge in [-0.1, -0.05) is 36.7 Å². The van der Waals surface area contributed by atoms with Gasteiger partial charge < -0.3 is 5.32 Å². The number of hydrogen-bond acceptors (Lipinski definition) is 4. The standard InChI is InChI=1S/C21H21ClN4O3S/c1-2-12-25-20(9-11-23-25)24-21(27)16-7-8-17(22)19(14-16)30(28,29)26-13-10-15-5-3-4-6-18(15)26/h3-9,11,14H,2,10,12-13H2,1H3,(H,24,27). The Labute approximate surface area is 180 Å². The van der Waals surface area contributed by atoms with Crippen molar-refractivity contribution in [3.63, 3.8) is 0 Å². The van der Waals surface area contributed by atoms with Crippen molar-refractivity contribution in [3.8, 4) is 0 Å². The van der Waals surface area contributed by atoms with E-state index in [2.05, 4.69) is 10.4 Å². The van der Waals surface area contributed by atoms with Crippen LogP contribution in [0.2, 0.25) is 5.02 Å². The van der Waals surface area contributed by atoms with Gasteiger partial charge in [-0.3, -0.25) is 9.10 Å². The van der Waals surface area contributed by atoms with E-state index in [4.69, 9.17) is 11.6 Å². The monoisotopic (exact) mass is 444 g/mol. The number of aryl methyl sites for hydroxylation is 1. The summed E-state index contributed by atoms with van der Waals surface area (Å²) in [6, 6.07) is 13.4. The van der Waals surface area contributed by atoms with E-state index in [1.807, 2.05) is 19.1 Å². The molecule has 0 unspecified atom stereocenters. The summed E-state index contributed by atoms with van der Waals surface area (Å²) in [7, 11) is -3.91. The maximum absolute atomic E-state index is 13.3. The topological polar surface area (TPSA) is 84.3 Å². The Bertz CT molecular complexity index is 1210. The molecule has 1 aromatic heterocycles. The van der Waals surface area contributed by atoms with Gasteiger partial charge in [-0.25, -0.2) is 13.1 Å². The molecule has 0 radical (unpaired) electrons. The molecule has 1 aliphatic heterocycles. The zero-order chi connectivity index (χ0) is 21.3. The van der Waals surface area contributed by atoms with Gasteiger partial charge in [0.05, 0.1) is 16.9 Å². The lowest BCUT2D eigenvalue weighted by molar-refractivity contribution is 0.102. The minimum absolute atomic E-state index is 0.0759. The molecule has 0 bridgehead atoms. The van der Waals surface area contributed by atoms with Crippen molar-refractivity contribution in [2.24, 2.45) is 0 Å². The van der Waals surface area contributed by atoms with Crippen LogP contribution >= 0.6 is 11.6 Å². The molecule has 1 amide bonds. The van der Waals surface area contributed by atoms with E-state index in [1.54, 1.807) is 29.1 Å². The lowest BCUT2D eigenvalue weighted by Crippen LogP contribution is -2.29. The van der Waals surface area contributed by atoms with E-state index in [9.17, 15) is 13.2 Å². The highest BCUT2D eigenvalue weighted by Gasteiger charge is 2.32. The van der Waals surface area contributed by atoms with Gasteiger partial charge in [0.2, 0.25) is 0 Å². The van der Waals surface area contributed by atoms with Gasteiger partial charge in [-0.2, -0.15) is 5.10 Å². The molecule has 156 valence electrons. The van der Waals surface area contributed by atoms with Gasteiger partial charge in [0.25, 0.3) is 15.9 Å². The summed E-state index contributed by atoms with van der Waals surface area (Å²) in [5.74, 6) is 0.123. The Morgan fingerprint density at radius 3 is 2.80 bits per heavy atom. The number of fused-ring (bicyclic) bond motifs is 1. The number of nitrogens with zero attached hydrogens (tertiary/aromatic N) is 3. The third kappa shape index (κ3) is 3.68. The molecule has 4 rings (SSSR count). The lowest BCUT2D eigenvalue weighted by Gasteiger charge is -2.20. The molecule has 0 fully saturated rings. The number of aromatic nitrogens is 2. The Balaban J connectivity index is 1.65. The number of amides is 1. The highest BCUT2D eigenvalue weighted by Crippen LogP contribution is 2.35. The van der Waals surface area contributed by atoms with Crippen LogP contribution < -0.4 is 9.62 Å². The van der Waals surface area contributed by atoms with Crippen molar-refractivity contribution in [1.82, 2.24) is 9.78 Å². The van der Waals surface area contributed by atoms with Crippen LogP contribution in [0, 0.1) is 0 Å². The van der Waals surface area contributed by atoms with Crippen LogP contribution in [0.5, 0.6) is 0 Å². The first kappa shape index (κ1) is 20.4. The average molecular weight is 445 g/mol. The van der Waals surface area contributed by atoms with E-state index in [0.29, 0.717) is 31.0 Å². The van der Waals surface area contributed by atoms with Crippen molar-refractivity contribution in [1.29, 1.82) is 0 Å². The third-order valence-corrected chi connectivity index (χ3v) is 7.29. The lowest BCUT2D eigenvalue weighted by atomic mass is 10.2. The van der Waals surface area contributed by atoms with E-state index in [0.717, 1.165) is 12.0 Å². The molecule has 3 aromatic rings. The third-order valence-electron chi connectivity index (χ3n) is 5.00. The predicted octanol–water partition coefficient (Wildman–Crippen LogP) is 3.95. The number of nitrogens with one attached hydrogen (secondary N) is 1. The molecular formula is C21H21ClN4O3S. The molecule has 0 atom stereocenters. The minimum atomic E-state index is -3.91. The summed E-state index contributed by atoms with van der Waals surface area (Å²) in [6.07, 6.45) is 3.10. The quantitative estimate of drug-likeness (QED) is 0.623. The van der Waals surface area contributed by atoms with Crippen LogP contribution in [0.3, 0.4) is 0 Å². The predicted molar refractivity (Wildman–Crippen MR) is 117 cm³/mol. The van der Waals surface area contributed by atoms with Crippen molar-refractivity contribution in [2.75, 3.05) is 16.2 Å². The fraction of sp³-hybridized carbons (Fsp3) is 0.238. The summed E-state index contributed by atoms with van der Waals surface area (Å²) in [5.41, 5.74) is 1.82. The molecule has 7 nitrogen and oxygen atoms in total. The van der Waals surface area contributed by atoms with Crippen LogP contribution in [0.4, 0.5) is 11.5 Å². The van der Waals surface area contributed by atoms with E-state index >= 15 is 0 Å². The van der Waals surface area contributed by atoms with Crippen LogP contribution in [0.25, 0.3) is 0 Å². The number of para-hydroxylation sites is 1. The van der Waals surface area contributed by atoms with Crippen molar-refractivity contribution in [2.45, 2.75) is 31.2 Å². The maximum atomic E-state index is 13.3. The van der Waals surface area contributed by atoms with Gasteiger partial charge in [0.1, 0.15) is 10.7 Å². The van der Waals surface area contributed by atoms with Crippen LogP contribution in [-0.4, -0.2) is 30.7 Å². The van der Waals surface area contributed by atoms with E-state index < -0.39 is 15.9 Å². The molecule has 9 heteroatoms. The molecule has 2 aromatic carbocycles. The van der Waals surface area contributed by atoms with Crippen LogP contribution in [0.15, 0.2) is 59.6 Å². The SMILES string of the molecule is CCCn1nccc1NC(=O)c1ccc(Cl)c(S(=O)(=O)N2CCc3ccccc32)c1. The van der Waals surface area contributed by atoms with Crippen LogP contribution in [-0.2, 0) is 23.0 Å². The second kappa shape index (κ2) is 8.12. The number of halogens is 1. The number of anilines is 2. The second-order valence-electron chi connectivity index (χ2n) is 6.99. The summed E-state index contributed by atoms with van der Waals surface area (Å²) in [5, 5.41) is 7.04. The molecule has 0 saturated heterocycles. The first-order chi connectivity index (χ1) is 14.4. The maximum Gasteiger partial charge on any atom is 0.265 e. The molecule has 0 spiro atoms. The number of rotatable bonds is 6. The van der Waals surface area contributed by atoms with Gasteiger partial charge >= 0.3 is 0 Å². The normalized spacial score (nSPS) is 13.3. The van der Waals surface area contributed by atoms with E-state index in [-0.39, 0.29) is 15.5 Å². The highest BCUT2D eigenvalue weighted by molar-refractivity contribution is 7.93. The van der Waals surface area contributed by atoms with Gasteiger partial charge in [0.15, 0.2) is 0 Å². The summed E-state index contributed by atoms with van der Waals surface area (Å²) >= 11 is 6.25. The van der Waals surface area contributed by atoms with Crippen molar-refractivity contribution >= 4 is 39.0 Å². The minimum Gasteiger partial charge on any atom is -0.307 e. The molecule has 1 aliphatic rings.